The lowest BCUT2D eigenvalue weighted by molar-refractivity contribution is 0.333. The predicted octanol–water partition coefficient (Wildman–Crippen LogP) is 2.11. The quantitative estimate of drug-likeness (QED) is 0.720. The lowest BCUT2D eigenvalue weighted by Gasteiger charge is -2.33. The molecule has 0 amide bonds. The molecule has 0 bridgehead atoms. The molecule has 3 aromatic rings. The average molecular weight is 350 g/mol. The molecule has 0 aromatic carbocycles. The highest BCUT2D eigenvalue weighted by atomic mass is 16.1. The largest absolute Gasteiger partial charge is 0.356 e. The Morgan fingerprint density at radius 3 is 2.73 bits per heavy atom. The molecular formula is C19H22N6O. The number of hydrogen-bond acceptors (Lipinski definition) is 6. The minimum Gasteiger partial charge on any atom is -0.356 e. The zero-order valence-electron chi connectivity index (χ0n) is 15.1. The molecule has 0 aliphatic carbocycles. The van der Waals surface area contributed by atoms with Crippen molar-refractivity contribution < 1.29 is 0 Å². The van der Waals surface area contributed by atoms with E-state index in [1.807, 2.05) is 26.0 Å². The number of aryl methyl sites for hydroxylation is 2. The summed E-state index contributed by atoms with van der Waals surface area (Å²) in [5, 5.41) is 5.35. The van der Waals surface area contributed by atoms with Crippen molar-refractivity contribution in [3.05, 3.63) is 52.3 Å². The third kappa shape index (κ3) is 3.29. The Hall–Kier alpha value is -2.83. The first-order valence-electron chi connectivity index (χ1n) is 8.99. The maximum absolute atomic E-state index is 12.0. The van der Waals surface area contributed by atoms with Gasteiger partial charge in [-0.25, -0.2) is 19.6 Å². The van der Waals surface area contributed by atoms with Gasteiger partial charge in [0.1, 0.15) is 11.6 Å². The fourth-order valence-electron chi connectivity index (χ4n) is 3.55. The van der Waals surface area contributed by atoms with Gasteiger partial charge >= 0.3 is 0 Å². The molecule has 0 atom stereocenters. The Labute approximate surface area is 151 Å². The van der Waals surface area contributed by atoms with Crippen LogP contribution >= 0.6 is 0 Å². The highest BCUT2D eigenvalue weighted by Gasteiger charge is 2.23. The zero-order valence-corrected chi connectivity index (χ0v) is 15.1. The Bertz CT molecular complexity index is 991. The minimum atomic E-state index is -0.0264. The van der Waals surface area contributed by atoms with Gasteiger partial charge in [-0.3, -0.25) is 4.79 Å². The van der Waals surface area contributed by atoms with Gasteiger partial charge in [-0.2, -0.15) is 5.10 Å². The third-order valence-corrected chi connectivity index (χ3v) is 4.91. The van der Waals surface area contributed by atoms with Crippen LogP contribution in [0.2, 0.25) is 0 Å². The molecule has 0 unspecified atom stereocenters. The van der Waals surface area contributed by atoms with Crippen molar-refractivity contribution in [3.8, 4) is 0 Å². The summed E-state index contributed by atoms with van der Waals surface area (Å²) in [6.45, 7) is 6.31. The van der Waals surface area contributed by atoms with Crippen LogP contribution in [-0.2, 0) is 6.54 Å². The fourth-order valence-corrected chi connectivity index (χ4v) is 3.55. The van der Waals surface area contributed by atoms with Crippen LogP contribution in [0.3, 0.4) is 0 Å². The van der Waals surface area contributed by atoms with Crippen LogP contribution in [0.4, 0.5) is 5.82 Å². The molecule has 4 heterocycles. The lowest BCUT2D eigenvalue weighted by atomic mass is 9.96. The number of rotatable bonds is 3. The molecule has 0 N–H and O–H groups in total. The Morgan fingerprint density at radius 1 is 1.12 bits per heavy atom. The van der Waals surface area contributed by atoms with E-state index in [2.05, 4.69) is 25.0 Å². The van der Waals surface area contributed by atoms with Gasteiger partial charge in [0.15, 0.2) is 5.65 Å². The molecule has 7 nitrogen and oxygen atoms in total. The van der Waals surface area contributed by atoms with E-state index in [9.17, 15) is 4.79 Å². The number of aromatic nitrogens is 5. The highest BCUT2D eigenvalue weighted by Crippen LogP contribution is 2.27. The van der Waals surface area contributed by atoms with Crippen molar-refractivity contribution >= 4 is 16.9 Å². The molecule has 1 aliphatic rings. The second-order valence-electron chi connectivity index (χ2n) is 6.89. The van der Waals surface area contributed by atoms with Crippen LogP contribution in [-0.4, -0.2) is 37.8 Å². The van der Waals surface area contributed by atoms with Crippen LogP contribution in [0, 0.1) is 19.8 Å². The van der Waals surface area contributed by atoms with Crippen LogP contribution in [0.1, 0.15) is 24.4 Å². The molecule has 0 radical (unpaired) electrons. The molecule has 4 rings (SSSR count). The molecular weight excluding hydrogens is 328 g/mol. The normalized spacial score (nSPS) is 15.5. The average Bonchev–Trinajstić information content (AvgIpc) is 2.65. The smallest absolute Gasteiger partial charge is 0.266 e. The van der Waals surface area contributed by atoms with Gasteiger partial charge in [0.25, 0.3) is 5.56 Å². The summed E-state index contributed by atoms with van der Waals surface area (Å²) < 4.78 is 1.60. The summed E-state index contributed by atoms with van der Waals surface area (Å²) >= 11 is 0. The minimum absolute atomic E-state index is 0.0264. The second kappa shape index (κ2) is 6.82. The van der Waals surface area contributed by atoms with E-state index in [1.54, 1.807) is 23.0 Å². The van der Waals surface area contributed by atoms with Gasteiger partial charge < -0.3 is 4.90 Å². The van der Waals surface area contributed by atoms with E-state index in [4.69, 9.17) is 0 Å². The molecule has 1 aliphatic heterocycles. The number of fused-ring (bicyclic) bond motifs is 1. The maximum Gasteiger partial charge on any atom is 0.266 e. The summed E-state index contributed by atoms with van der Waals surface area (Å²) in [5.74, 6) is 2.15. The maximum atomic E-state index is 12.0. The van der Waals surface area contributed by atoms with E-state index >= 15 is 0 Å². The van der Waals surface area contributed by atoms with Crippen molar-refractivity contribution in [3.63, 3.8) is 0 Å². The van der Waals surface area contributed by atoms with Gasteiger partial charge in [0.2, 0.25) is 0 Å². The summed E-state index contributed by atoms with van der Waals surface area (Å²) in [4.78, 5) is 27.7. The molecule has 1 fully saturated rings. The number of hydrogen-bond donors (Lipinski definition) is 0. The van der Waals surface area contributed by atoms with Gasteiger partial charge in [-0.05, 0) is 50.8 Å². The Kier molecular flexibility index (Phi) is 4.36. The Morgan fingerprint density at radius 2 is 1.92 bits per heavy atom. The molecule has 26 heavy (non-hydrogen) atoms. The first-order valence-corrected chi connectivity index (χ1v) is 8.99. The highest BCUT2D eigenvalue weighted by molar-refractivity contribution is 5.86. The van der Waals surface area contributed by atoms with E-state index in [0.29, 0.717) is 12.5 Å². The zero-order chi connectivity index (χ0) is 18.1. The predicted molar refractivity (Wildman–Crippen MR) is 100 cm³/mol. The van der Waals surface area contributed by atoms with Crippen LogP contribution in [0.25, 0.3) is 11.0 Å². The fraction of sp³-hybridized carbons (Fsp3) is 0.421. The summed E-state index contributed by atoms with van der Waals surface area (Å²) in [7, 11) is 0. The van der Waals surface area contributed by atoms with E-state index in [-0.39, 0.29) is 5.56 Å². The van der Waals surface area contributed by atoms with Gasteiger partial charge in [0, 0.05) is 31.9 Å². The molecule has 3 aromatic heterocycles. The SMILES string of the molecule is Cc1ccc(=O)n(CC2CCN(c3nc(C)nc4ncccc34)CC2)n1. The van der Waals surface area contributed by atoms with E-state index < -0.39 is 0 Å². The van der Waals surface area contributed by atoms with Crippen LogP contribution in [0.5, 0.6) is 0 Å². The first-order chi connectivity index (χ1) is 12.6. The monoisotopic (exact) mass is 350 g/mol. The van der Waals surface area contributed by atoms with Crippen LogP contribution < -0.4 is 10.5 Å². The number of nitrogens with zero attached hydrogens (tertiary/aromatic N) is 6. The first kappa shape index (κ1) is 16.6. The van der Waals surface area contributed by atoms with Crippen LogP contribution in [0.15, 0.2) is 35.3 Å². The van der Waals surface area contributed by atoms with Crippen molar-refractivity contribution in [2.45, 2.75) is 33.2 Å². The Balaban J connectivity index is 1.51. The number of piperidine rings is 1. The van der Waals surface area contributed by atoms with E-state index in [0.717, 1.165) is 54.3 Å². The summed E-state index contributed by atoms with van der Waals surface area (Å²) in [6.07, 6.45) is 3.77. The van der Waals surface area contributed by atoms with Gasteiger partial charge in [0.05, 0.1) is 11.1 Å². The molecule has 0 spiro atoms. The molecule has 1 saturated heterocycles. The van der Waals surface area contributed by atoms with E-state index in [1.165, 1.54) is 0 Å². The van der Waals surface area contributed by atoms with Crippen molar-refractivity contribution in [2.75, 3.05) is 18.0 Å². The number of anilines is 1. The van der Waals surface area contributed by atoms with Gasteiger partial charge in [-0.15, -0.1) is 0 Å². The second-order valence-corrected chi connectivity index (χ2v) is 6.89. The van der Waals surface area contributed by atoms with Crippen molar-refractivity contribution in [2.24, 2.45) is 5.92 Å². The van der Waals surface area contributed by atoms with Crippen molar-refractivity contribution in [1.82, 2.24) is 24.7 Å². The summed E-state index contributed by atoms with van der Waals surface area (Å²) in [5.41, 5.74) is 1.59. The molecule has 134 valence electrons. The summed E-state index contributed by atoms with van der Waals surface area (Å²) in [6, 6.07) is 7.31. The topological polar surface area (TPSA) is 76.8 Å². The number of pyridine rings is 1. The standard InChI is InChI=1S/C19H22N6O/c1-13-5-6-17(26)25(23-13)12-15-7-10-24(11-8-15)19-16-4-3-9-20-18(16)21-14(2)22-19/h3-6,9,15H,7-8,10-12H2,1-2H3. The third-order valence-electron chi connectivity index (χ3n) is 4.91. The van der Waals surface area contributed by atoms with Gasteiger partial charge in [-0.1, -0.05) is 0 Å². The molecule has 0 saturated carbocycles. The lowest BCUT2D eigenvalue weighted by Crippen LogP contribution is -2.37. The molecule has 7 heteroatoms. The van der Waals surface area contributed by atoms with Crippen molar-refractivity contribution in [1.29, 1.82) is 0 Å².